The predicted molar refractivity (Wildman–Crippen MR) is 62.6 cm³/mol. The molecule has 1 aliphatic heterocycles. The molecule has 5 heteroatoms. The van der Waals surface area contributed by atoms with Gasteiger partial charge >= 0.3 is 0 Å². The molecule has 0 radical (unpaired) electrons. The van der Waals surface area contributed by atoms with Crippen LogP contribution in [0, 0.1) is 5.92 Å². The molecule has 0 saturated carbocycles. The Bertz CT molecular complexity index is 199. The average molecular weight is 248 g/mol. The highest BCUT2D eigenvalue weighted by Gasteiger charge is 2.34. The Labute approximate surface area is 103 Å². The van der Waals surface area contributed by atoms with Crippen LogP contribution in [0.15, 0.2) is 0 Å². The van der Waals surface area contributed by atoms with Crippen molar-refractivity contribution in [3.8, 4) is 0 Å². The molecule has 17 heavy (non-hydrogen) atoms. The first kappa shape index (κ1) is 14.9. The van der Waals surface area contributed by atoms with E-state index in [1.807, 2.05) is 6.92 Å². The Hall–Kier alpha value is -0.200. The molecule has 0 bridgehead atoms. The molecule has 0 aromatic rings. The van der Waals surface area contributed by atoms with Crippen LogP contribution in [-0.4, -0.2) is 55.1 Å². The highest BCUT2D eigenvalue weighted by Crippen LogP contribution is 2.25. The summed E-state index contributed by atoms with van der Waals surface area (Å²) < 4.78 is 16.3. The summed E-state index contributed by atoms with van der Waals surface area (Å²) in [6, 6.07) is 0. The van der Waals surface area contributed by atoms with Crippen molar-refractivity contribution in [2.24, 2.45) is 5.92 Å². The van der Waals surface area contributed by atoms with Crippen LogP contribution < -0.4 is 0 Å². The highest BCUT2D eigenvalue weighted by molar-refractivity contribution is 4.79. The van der Waals surface area contributed by atoms with Crippen molar-refractivity contribution in [2.75, 3.05) is 26.4 Å². The molecule has 1 aliphatic rings. The van der Waals surface area contributed by atoms with E-state index in [1.165, 1.54) is 0 Å². The van der Waals surface area contributed by atoms with Gasteiger partial charge in [0, 0.05) is 18.9 Å². The molecule has 0 aliphatic carbocycles. The van der Waals surface area contributed by atoms with Gasteiger partial charge in [-0.25, -0.2) is 0 Å². The van der Waals surface area contributed by atoms with E-state index in [1.54, 1.807) is 0 Å². The first-order chi connectivity index (χ1) is 8.19. The van der Waals surface area contributed by atoms with Gasteiger partial charge in [-0.3, -0.25) is 0 Å². The van der Waals surface area contributed by atoms with E-state index in [9.17, 15) is 5.11 Å². The molecule has 0 amide bonds. The van der Waals surface area contributed by atoms with Gasteiger partial charge in [-0.05, 0) is 6.42 Å². The smallest absolute Gasteiger partial charge is 0.160 e. The topological polar surface area (TPSA) is 68.2 Å². The summed E-state index contributed by atoms with van der Waals surface area (Å²) in [5.41, 5.74) is 0. The van der Waals surface area contributed by atoms with Crippen LogP contribution in [0.2, 0.25) is 0 Å². The summed E-state index contributed by atoms with van der Waals surface area (Å²) in [6.07, 6.45) is 0.167. The summed E-state index contributed by atoms with van der Waals surface area (Å²) in [5, 5.41) is 18.9. The maximum atomic E-state index is 9.79. The Balaban J connectivity index is 2.20. The van der Waals surface area contributed by atoms with Gasteiger partial charge in [0.1, 0.15) is 0 Å². The standard InChI is InChI=1S/C12H24O5/c1-3-4-15-5-6-16-12-7-10(14)9(2)11(8-13)17-12/h9-14H,3-8H2,1-2H3/t9-,10-,11-,12-/m1/s1. The quantitative estimate of drug-likeness (QED) is 0.643. The molecular weight excluding hydrogens is 224 g/mol. The molecule has 0 aromatic carbocycles. The lowest BCUT2D eigenvalue weighted by Gasteiger charge is -2.37. The molecule has 1 heterocycles. The normalized spacial score (nSPS) is 33.9. The molecule has 2 N–H and O–H groups in total. The number of hydrogen-bond acceptors (Lipinski definition) is 5. The molecule has 1 saturated heterocycles. The van der Waals surface area contributed by atoms with Crippen molar-refractivity contribution in [3.05, 3.63) is 0 Å². The predicted octanol–water partition coefficient (Wildman–Crippen LogP) is 0.534. The van der Waals surface area contributed by atoms with E-state index in [-0.39, 0.29) is 18.6 Å². The zero-order valence-electron chi connectivity index (χ0n) is 10.7. The van der Waals surface area contributed by atoms with Gasteiger partial charge in [0.25, 0.3) is 0 Å². The summed E-state index contributed by atoms with van der Waals surface area (Å²) in [4.78, 5) is 0. The molecule has 0 unspecified atom stereocenters. The van der Waals surface area contributed by atoms with Crippen molar-refractivity contribution >= 4 is 0 Å². The van der Waals surface area contributed by atoms with E-state index < -0.39 is 12.4 Å². The van der Waals surface area contributed by atoms with Gasteiger partial charge in [0.2, 0.25) is 0 Å². The summed E-state index contributed by atoms with van der Waals surface area (Å²) in [5.74, 6) is -0.0591. The summed E-state index contributed by atoms with van der Waals surface area (Å²) in [7, 11) is 0. The second-order valence-corrected chi connectivity index (χ2v) is 4.43. The lowest BCUT2D eigenvalue weighted by molar-refractivity contribution is -0.242. The van der Waals surface area contributed by atoms with Crippen molar-refractivity contribution < 1.29 is 24.4 Å². The molecule has 102 valence electrons. The number of hydrogen-bond donors (Lipinski definition) is 2. The third-order valence-corrected chi connectivity index (χ3v) is 3.01. The van der Waals surface area contributed by atoms with Gasteiger partial charge < -0.3 is 24.4 Å². The Morgan fingerprint density at radius 3 is 2.71 bits per heavy atom. The van der Waals surface area contributed by atoms with Crippen LogP contribution in [0.4, 0.5) is 0 Å². The maximum Gasteiger partial charge on any atom is 0.160 e. The molecule has 1 rings (SSSR count). The molecule has 0 aromatic heterocycles. The molecule has 1 fully saturated rings. The SMILES string of the molecule is CCCOCCO[C@H]1C[C@@H](O)[C@@H](C)[C@@H](CO)O1. The first-order valence-electron chi connectivity index (χ1n) is 6.32. The minimum Gasteiger partial charge on any atom is -0.394 e. The zero-order chi connectivity index (χ0) is 12.7. The van der Waals surface area contributed by atoms with Gasteiger partial charge in [-0.15, -0.1) is 0 Å². The van der Waals surface area contributed by atoms with Gasteiger partial charge in [-0.1, -0.05) is 13.8 Å². The third kappa shape index (κ3) is 4.89. The fourth-order valence-electron chi connectivity index (χ4n) is 1.84. The highest BCUT2D eigenvalue weighted by atomic mass is 16.7. The second-order valence-electron chi connectivity index (χ2n) is 4.43. The van der Waals surface area contributed by atoms with Crippen molar-refractivity contribution in [2.45, 2.75) is 45.2 Å². The van der Waals surface area contributed by atoms with E-state index in [4.69, 9.17) is 19.3 Å². The zero-order valence-corrected chi connectivity index (χ0v) is 10.7. The maximum absolute atomic E-state index is 9.79. The van der Waals surface area contributed by atoms with Crippen LogP contribution in [0.5, 0.6) is 0 Å². The lowest BCUT2D eigenvalue weighted by atomic mass is 9.93. The molecule has 4 atom stereocenters. The van der Waals surface area contributed by atoms with E-state index in [2.05, 4.69) is 6.92 Å². The van der Waals surface area contributed by atoms with Crippen LogP contribution in [0.1, 0.15) is 26.7 Å². The molecular formula is C12H24O5. The fraction of sp³-hybridized carbons (Fsp3) is 1.00. The Morgan fingerprint density at radius 1 is 1.29 bits per heavy atom. The average Bonchev–Trinajstić information content (AvgIpc) is 2.33. The Morgan fingerprint density at radius 2 is 2.06 bits per heavy atom. The first-order valence-corrected chi connectivity index (χ1v) is 6.32. The molecule has 5 nitrogen and oxygen atoms in total. The largest absolute Gasteiger partial charge is 0.394 e. The van der Waals surface area contributed by atoms with E-state index >= 15 is 0 Å². The minimum atomic E-state index is -0.484. The van der Waals surface area contributed by atoms with Crippen LogP contribution in [-0.2, 0) is 14.2 Å². The Kier molecular flexibility index (Phi) is 6.99. The number of aliphatic hydroxyl groups excluding tert-OH is 2. The number of ether oxygens (including phenoxy) is 3. The van der Waals surface area contributed by atoms with Crippen LogP contribution >= 0.6 is 0 Å². The van der Waals surface area contributed by atoms with E-state index in [0.29, 0.717) is 19.6 Å². The lowest BCUT2D eigenvalue weighted by Crippen LogP contribution is -2.45. The monoisotopic (exact) mass is 248 g/mol. The second kappa shape index (κ2) is 8.00. The van der Waals surface area contributed by atoms with Crippen LogP contribution in [0.25, 0.3) is 0 Å². The van der Waals surface area contributed by atoms with Crippen molar-refractivity contribution in [1.82, 2.24) is 0 Å². The van der Waals surface area contributed by atoms with Gasteiger partial charge in [0.05, 0.1) is 32.0 Å². The van der Waals surface area contributed by atoms with Crippen LogP contribution in [0.3, 0.4) is 0 Å². The van der Waals surface area contributed by atoms with Gasteiger partial charge in [0.15, 0.2) is 6.29 Å². The van der Waals surface area contributed by atoms with Crippen molar-refractivity contribution in [1.29, 1.82) is 0 Å². The minimum absolute atomic E-state index is 0.0591. The van der Waals surface area contributed by atoms with Gasteiger partial charge in [-0.2, -0.15) is 0 Å². The number of rotatable bonds is 7. The molecule has 0 spiro atoms. The van der Waals surface area contributed by atoms with E-state index in [0.717, 1.165) is 13.0 Å². The summed E-state index contributed by atoms with van der Waals surface area (Å²) in [6.45, 7) is 5.53. The summed E-state index contributed by atoms with van der Waals surface area (Å²) >= 11 is 0. The van der Waals surface area contributed by atoms with Crippen molar-refractivity contribution in [3.63, 3.8) is 0 Å². The number of aliphatic hydroxyl groups is 2. The fourth-order valence-corrected chi connectivity index (χ4v) is 1.84. The third-order valence-electron chi connectivity index (χ3n) is 3.01.